The van der Waals surface area contributed by atoms with E-state index in [1.54, 1.807) is 30.8 Å². The topological polar surface area (TPSA) is 86.3 Å². The summed E-state index contributed by atoms with van der Waals surface area (Å²) in [4.78, 5) is 16.5. The van der Waals surface area contributed by atoms with Gasteiger partial charge in [-0.25, -0.2) is 17.2 Å². The van der Waals surface area contributed by atoms with Gasteiger partial charge in [0, 0.05) is 42.7 Å². The first-order chi connectivity index (χ1) is 17.4. The number of nitrogens with zero attached hydrogens (tertiary/aromatic N) is 4. The summed E-state index contributed by atoms with van der Waals surface area (Å²) in [6, 6.07) is 7.16. The molecule has 196 valence electrons. The number of sulfone groups is 1. The Morgan fingerprint density at radius 3 is 2.59 bits per heavy atom. The molecule has 0 saturated heterocycles. The van der Waals surface area contributed by atoms with Crippen LogP contribution >= 0.6 is 11.6 Å². The van der Waals surface area contributed by atoms with Crippen molar-refractivity contribution in [2.75, 3.05) is 6.26 Å². The Morgan fingerprint density at radius 2 is 2.00 bits per heavy atom. The highest BCUT2D eigenvalue weighted by atomic mass is 35.5. The number of aryl methyl sites for hydroxylation is 2. The van der Waals surface area contributed by atoms with Crippen molar-refractivity contribution in [2.24, 2.45) is 12.0 Å². The van der Waals surface area contributed by atoms with Crippen molar-refractivity contribution in [1.82, 2.24) is 14.3 Å². The molecule has 0 fully saturated rings. The Morgan fingerprint density at radius 1 is 1.30 bits per heavy atom. The molecule has 11 heteroatoms. The molecule has 2 aromatic heterocycles. The Labute approximate surface area is 219 Å². The van der Waals surface area contributed by atoms with E-state index in [0.29, 0.717) is 17.7 Å². The van der Waals surface area contributed by atoms with Crippen LogP contribution in [0.2, 0.25) is 5.02 Å². The summed E-state index contributed by atoms with van der Waals surface area (Å²) in [6.07, 6.45) is 6.72. The minimum Gasteiger partial charge on any atom is -0.284 e. The lowest BCUT2D eigenvalue weighted by Gasteiger charge is -2.17. The Kier molecular flexibility index (Phi) is 8.65. The molecule has 3 aromatic rings. The predicted octanol–water partition coefficient (Wildman–Crippen LogP) is 5.22. The lowest BCUT2D eigenvalue weighted by Crippen LogP contribution is -2.22. The van der Waals surface area contributed by atoms with E-state index in [1.807, 2.05) is 20.0 Å². The van der Waals surface area contributed by atoms with Gasteiger partial charge in [-0.2, -0.15) is 5.10 Å². The molecular formula is C26H27ClF2N4O3S. The summed E-state index contributed by atoms with van der Waals surface area (Å²) in [5.41, 5.74) is 0.460. The van der Waals surface area contributed by atoms with E-state index in [9.17, 15) is 13.2 Å². The zero-order valence-electron chi connectivity index (χ0n) is 21.0. The van der Waals surface area contributed by atoms with E-state index in [1.165, 1.54) is 24.4 Å². The predicted molar refractivity (Wildman–Crippen MR) is 142 cm³/mol. The second-order valence-corrected chi connectivity index (χ2v) is 11.0. The number of hydrogen-bond acceptors (Lipinski definition) is 5. The fraction of sp³-hybridized carbons (Fsp3) is 0.269. The third-order valence-corrected chi connectivity index (χ3v) is 7.31. The molecule has 0 aliphatic heterocycles. The zero-order chi connectivity index (χ0) is 27.5. The smallest absolute Gasteiger partial charge is 0.273 e. The molecular weight excluding hydrogens is 522 g/mol. The van der Waals surface area contributed by atoms with Gasteiger partial charge < -0.3 is 0 Å². The van der Waals surface area contributed by atoms with Crippen LogP contribution < -0.4 is 5.56 Å². The van der Waals surface area contributed by atoms with E-state index in [4.69, 9.17) is 11.6 Å². The van der Waals surface area contributed by atoms with Crippen molar-refractivity contribution in [3.05, 3.63) is 98.3 Å². The number of allylic oxidation sites excluding steroid dienone is 2. The number of rotatable bonds is 8. The molecule has 0 N–H and O–H groups in total. The summed E-state index contributed by atoms with van der Waals surface area (Å²) >= 11 is 6.43. The first-order valence-corrected chi connectivity index (χ1v) is 13.6. The highest BCUT2D eigenvalue weighted by molar-refractivity contribution is 7.90. The molecule has 0 saturated carbocycles. The van der Waals surface area contributed by atoms with Crippen LogP contribution in [-0.2, 0) is 23.3 Å². The van der Waals surface area contributed by atoms with Crippen molar-refractivity contribution in [2.45, 2.75) is 38.0 Å². The molecule has 0 spiro atoms. The SMILES string of the molecule is C/C=C/N=C(/C(F)=C/n1c(C)cc(C(C)Cc2ccnn2C)c(Cl)c1=O)c1cccc(S(C)(=O)=O)c1F. The van der Waals surface area contributed by atoms with Crippen LogP contribution in [0.3, 0.4) is 0 Å². The third kappa shape index (κ3) is 6.14. The average Bonchev–Trinajstić information content (AvgIpc) is 3.23. The third-order valence-electron chi connectivity index (χ3n) is 5.81. The molecule has 3 rings (SSSR count). The van der Waals surface area contributed by atoms with Crippen molar-refractivity contribution in [1.29, 1.82) is 0 Å². The molecule has 0 radical (unpaired) electrons. The van der Waals surface area contributed by atoms with Crippen LogP contribution in [0.15, 0.2) is 69.3 Å². The molecule has 0 aliphatic carbocycles. The van der Waals surface area contributed by atoms with Crippen LogP contribution in [0.25, 0.3) is 6.20 Å². The minimum atomic E-state index is -3.92. The highest BCUT2D eigenvalue weighted by Gasteiger charge is 2.23. The maximum absolute atomic E-state index is 15.6. The number of halogens is 3. The second-order valence-electron chi connectivity index (χ2n) is 8.61. The fourth-order valence-electron chi connectivity index (χ4n) is 3.86. The molecule has 1 aromatic carbocycles. The van der Waals surface area contributed by atoms with Crippen molar-refractivity contribution in [3.63, 3.8) is 0 Å². The molecule has 1 unspecified atom stereocenters. The summed E-state index contributed by atoms with van der Waals surface area (Å²) in [5, 5.41) is 4.08. The summed E-state index contributed by atoms with van der Waals surface area (Å²) in [5.74, 6) is -2.32. The van der Waals surface area contributed by atoms with Gasteiger partial charge in [-0.3, -0.25) is 19.0 Å². The van der Waals surface area contributed by atoms with Gasteiger partial charge in [0.1, 0.15) is 15.6 Å². The molecule has 0 bridgehead atoms. The normalized spacial score (nSPS) is 13.9. The Balaban J connectivity index is 2.10. The van der Waals surface area contributed by atoms with Gasteiger partial charge in [-0.05, 0) is 56.0 Å². The van der Waals surface area contributed by atoms with E-state index in [2.05, 4.69) is 10.1 Å². The number of hydrogen-bond donors (Lipinski definition) is 0. The first kappa shape index (κ1) is 28.2. The van der Waals surface area contributed by atoms with Gasteiger partial charge in [0.15, 0.2) is 21.5 Å². The number of aromatic nitrogens is 3. The Bertz CT molecular complexity index is 1590. The van der Waals surface area contributed by atoms with Crippen LogP contribution in [-0.4, -0.2) is 34.7 Å². The average molecular weight is 549 g/mol. The van der Waals surface area contributed by atoms with E-state index >= 15 is 8.78 Å². The maximum Gasteiger partial charge on any atom is 0.273 e. The van der Waals surface area contributed by atoms with Crippen LogP contribution in [0.1, 0.15) is 42.3 Å². The largest absolute Gasteiger partial charge is 0.284 e. The summed E-state index contributed by atoms with van der Waals surface area (Å²) in [7, 11) is -2.10. The molecule has 37 heavy (non-hydrogen) atoms. The molecule has 2 heterocycles. The van der Waals surface area contributed by atoms with Gasteiger partial charge >= 0.3 is 0 Å². The van der Waals surface area contributed by atoms with Gasteiger partial charge in [-0.1, -0.05) is 30.7 Å². The minimum absolute atomic E-state index is 0.0680. The lowest BCUT2D eigenvalue weighted by atomic mass is 9.96. The van der Waals surface area contributed by atoms with E-state index in [0.717, 1.165) is 28.8 Å². The van der Waals surface area contributed by atoms with Crippen molar-refractivity contribution in [3.8, 4) is 0 Å². The van der Waals surface area contributed by atoms with Crippen LogP contribution in [0.5, 0.6) is 0 Å². The lowest BCUT2D eigenvalue weighted by molar-refractivity contribution is 0.568. The van der Waals surface area contributed by atoms with Gasteiger partial charge in [0.05, 0.1) is 6.20 Å². The van der Waals surface area contributed by atoms with Crippen LogP contribution in [0.4, 0.5) is 8.78 Å². The second kappa shape index (κ2) is 11.4. The number of aliphatic imine (C=N–C) groups is 1. The zero-order valence-corrected chi connectivity index (χ0v) is 22.6. The summed E-state index contributed by atoms with van der Waals surface area (Å²) in [6.45, 7) is 5.18. The number of benzene rings is 1. The molecule has 7 nitrogen and oxygen atoms in total. The first-order valence-electron chi connectivity index (χ1n) is 11.3. The molecule has 0 amide bonds. The van der Waals surface area contributed by atoms with E-state index < -0.39 is 37.6 Å². The van der Waals surface area contributed by atoms with Crippen molar-refractivity contribution < 1.29 is 17.2 Å². The van der Waals surface area contributed by atoms with Gasteiger partial charge in [0.2, 0.25) is 0 Å². The maximum atomic E-state index is 15.6. The quantitative estimate of drug-likeness (QED) is 0.361. The summed E-state index contributed by atoms with van der Waals surface area (Å²) < 4.78 is 57.4. The standard InChI is InChI=1S/C26H27ClF2N4O3S/c1-6-11-30-25(19-8-7-9-22(24(19)29)37(5,35)36)21(28)15-33-17(3)14-20(23(27)26(33)34)16(2)13-18-10-12-31-32(18)4/h6-12,14-16H,13H2,1-5H3/b11-6+,21-15-,30-25+. The number of pyridine rings is 1. The van der Waals surface area contributed by atoms with Crippen molar-refractivity contribution >= 4 is 33.3 Å². The monoisotopic (exact) mass is 548 g/mol. The molecule has 1 atom stereocenters. The fourth-order valence-corrected chi connectivity index (χ4v) is 4.95. The molecule has 0 aliphatic rings. The van der Waals surface area contributed by atoms with Gasteiger partial charge in [-0.15, -0.1) is 0 Å². The van der Waals surface area contributed by atoms with E-state index in [-0.39, 0.29) is 16.5 Å². The van der Waals surface area contributed by atoms with Gasteiger partial charge in [0.25, 0.3) is 5.56 Å². The van der Waals surface area contributed by atoms with Crippen LogP contribution in [0, 0.1) is 12.7 Å². The Hall–Kier alpha value is -3.37. The highest BCUT2D eigenvalue weighted by Crippen LogP contribution is 2.27.